The molecule has 2 rings (SSSR count). The minimum atomic E-state index is 0.656. The first-order valence-electron chi connectivity index (χ1n) is 4.59. The van der Waals surface area contributed by atoms with Gasteiger partial charge in [0, 0.05) is 24.5 Å². The highest BCUT2D eigenvalue weighted by Gasteiger charge is 1.97. The number of rotatable bonds is 3. The van der Waals surface area contributed by atoms with Crippen molar-refractivity contribution in [3.8, 4) is 0 Å². The van der Waals surface area contributed by atoms with E-state index >= 15 is 0 Å². The van der Waals surface area contributed by atoms with Crippen LogP contribution in [0.15, 0.2) is 36.7 Å². The molecule has 76 valence electrons. The largest absolute Gasteiger partial charge is 0.353 e. The van der Waals surface area contributed by atoms with Crippen LogP contribution < -0.4 is 5.32 Å². The Balaban J connectivity index is 2.20. The third-order valence-corrected chi connectivity index (χ3v) is 2.02. The fourth-order valence-electron chi connectivity index (χ4n) is 1.34. The molecule has 0 unspecified atom stereocenters. The molecule has 15 heavy (non-hydrogen) atoms. The summed E-state index contributed by atoms with van der Waals surface area (Å²) in [6, 6.07) is 7.30. The zero-order chi connectivity index (χ0) is 10.7. The van der Waals surface area contributed by atoms with Gasteiger partial charge >= 0.3 is 0 Å². The van der Waals surface area contributed by atoms with Crippen LogP contribution in [0, 0.1) is 0 Å². The van der Waals surface area contributed by atoms with Crippen LogP contribution in [-0.4, -0.2) is 16.1 Å². The van der Waals surface area contributed by atoms with Gasteiger partial charge in [-0.25, -0.2) is 0 Å². The molecule has 2 aromatic rings. The fourth-order valence-corrected chi connectivity index (χ4v) is 1.34. The van der Waals surface area contributed by atoms with Gasteiger partial charge in [-0.05, 0) is 12.1 Å². The van der Waals surface area contributed by atoms with Crippen molar-refractivity contribution >= 4 is 17.7 Å². The molecule has 4 heteroatoms. The minimum absolute atomic E-state index is 0.656. The molecule has 1 N–H and O–H groups in total. The number of hydrogen-bond acceptors (Lipinski definition) is 3. The first-order valence-corrected chi connectivity index (χ1v) is 4.59. The number of benzene rings is 1. The number of carbonyl (C=O) groups is 1. The smallest absolute Gasteiger partial charge is 0.150 e. The van der Waals surface area contributed by atoms with Gasteiger partial charge in [-0.1, -0.05) is 12.1 Å². The molecule has 0 aliphatic carbocycles. The highest BCUT2D eigenvalue weighted by molar-refractivity contribution is 5.77. The summed E-state index contributed by atoms with van der Waals surface area (Å²) in [5, 5.41) is 7.20. The summed E-state index contributed by atoms with van der Waals surface area (Å²) in [5.41, 5.74) is 2.44. The van der Waals surface area contributed by atoms with Gasteiger partial charge in [0.1, 0.15) is 6.29 Å². The van der Waals surface area contributed by atoms with Crippen molar-refractivity contribution in [2.45, 2.75) is 0 Å². The molecule has 0 spiro atoms. The van der Waals surface area contributed by atoms with E-state index in [0.717, 1.165) is 17.7 Å². The Hall–Kier alpha value is -2.10. The van der Waals surface area contributed by atoms with Gasteiger partial charge in [-0.15, -0.1) is 0 Å². The van der Waals surface area contributed by atoms with E-state index in [1.54, 1.807) is 23.0 Å². The lowest BCUT2D eigenvalue weighted by Crippen LogP contribution is -1.90. The molecule has 0 atom stereocenters. The third-order valence-electron chi connectivity index (χ3n) is 2.02. The van der Waals surface area contributed by atoms with Crippen LogP contribution >= 0.6 is 0 Å². The molecular formula is C11H11N3O. The van der Waals surface area contributed by atoms with Crippen LogP contribution in [0.2, 0.25) is 0 Å². The number of nitrogens with zero attached hydrogens (tertiary/aromatic N) is 2. The molecule has 0 fully saturated rings. The molecule has 1 aromatic heterocycles. The summed E-state index contributed by atoms with van der Waals surface area (Å²) < 4.78 is 1.71. The van der Waals surface area contributed by atoms with Crippen LogP contribution in [0.4, 0.5) is 11.4 Å². The van der Waals surface area contributed by atoms with Gasteiger partial charge in [0.15, 0.2) is 0 Å². The van der Waals surface area contributed by atoms with E-state index in [4.69, 9.17) is 0 Å². The van der Waals surface area contributed by atoms with Crippen LogP contribution in [-0.2, 0) is 7.05 Å². The summed E-state index contributed by atoms with van der Waals surface area (Å²) in [7, 11) is 1.85. The van der Waals surface area contributed by atoms with E-state index in [2.05, 4.69) is 10.4 Å². The molecule has 0 aliphatic rings. The Bertz CT molecular complexity index is 476. The number of nitrogens with one attached hydrogen (secondary N) is 1. The van der Waals surface area contributed by atoms with E-state index in [9.17, 15) is 4.79 Å². The number of carbonyl (C=O) groups excluding carboxylic acids is 1. The molecule has 0 radical (unpaired) electrons. The van der Waals surface area contributed by atoms with Crippen LogP contribution in [0.1, 0.15) is 10.4 Å². The molecule has 0 saturated carbocycles. The normalized spacial score (nSPS) is 9.93. The summed E-state index contributed by atoms with van der Waals surface area (Å²) in [5.74, 6) is 0. The summed E-state index contributed by atoms with van der Waals surface area (Å²) in [4.78, 5) is 10.6. The van der Waals surface area contributed by atoms with E-state index in [-0.39, 0.29) is 0 Å². The van der Waals surface area contributed by atoms with Crippen molar-refractivity contribution in [2.75, 3.05) is 5.32 Å². The van der Waals surface area contributed by atoms with Gasteiger partial charge in [-0.2, -0.15) is 5.10 Å². The zero-order valence-electron chi connectivity index (χ0n) is 8.34. The van der Waals surface area contributed by atoms with Gasteiger partial charge in [0.2, 0.25) is 0 Å². The summed E-state index contributed by atoms with van der Waals surface area (Å²) in [6.45, 7) is 0. The van der Waals surface area contributed by atoms with E-state index in [1.807, 2.05) is 25.4 Å². The van der Waals surface area contributed by atoms with Gasteiger partial charge in [0.05, 0.1) is 11.9 Å². The summed E-state index contributed by atoms with van der Waals surface area (Å²) >= 11 is 0. The number of aromatic nitrogens is 2. The highest BCUT2D eigenvalue weighted by Crippen LogP contribution is 2.15. The maximum Gasteiger partial charge on any atom is 0.150 e. The molecule has 1 heterocycles. The SMILES string of the molecule is Cn1cc(Nc2cccc(C=O)c2)cn1. The Morgan fingerprint density at radius 2 is 2.27 bits per heavy atom. The van der Waals surface area contributed by atoms with Crippen molar-refractivity contribution in [3.05, 3.63) is 42.2 Å². The third kappa shape index (κ3) is 2.22. The van der Waals surface area contributed by atoms with Crippen molar-refractivity contribution in [1.29, 1.82) is 0 Å². The second kappa shape index (κ2) is 3.96. The van der Waals surface area contributed by atoms with Crippen molar-refractivity contribution in [3.63, 3.8) is 0 Å². The Kier molecular flexibility index (Phi) is 2.49. The molecular weight excluding hydrogens is 190 g/mol. The molecule has 0 saturated heterocycles. The van der Waals surface area contributed by atoms with Crippen LogP contribution in [0.5, 0.6) is 0 Å². The number of anilines is 2. The van der Waals surface area contributed by atoms with Crippen molar-refractivity contribution in [1.82, 2.24) is 9.78 Å². The van der Waals surface area contributed by atoms with Gasteiger partial charge in [-0.3, -0.25) is 9.48 Å². The summed E-state index contributed by atoms with van der Waals surface area (Å²) in [6.07, 6.45) is 4.43. The second-order valence-corrected chi connectivity index (χ2v) is 3.27. The predicted molar refractivity (Wildman–Crippen MR) is 58.3 cm³/mol. The highest BCUT2D eigenvalue weighted by atomic mass is 16.1. The Labute approximate surface area is 87.5 Å². The monoisotopic (exact) mass is 201 g/mol. The molecule has 4 nitrogen and oxygen atoms in total. The average Bonchev–Trinajstić information content (AvgIpc) is 2.64. The van der Waals surface area contributed by atoms with Crippen LogP contribution in [0.25, 0.3) is 0 Å². The van der Waals surface area contributed by atoms with E-state index in [0.29, 0.717) is 5.56 Å². The standard InChI is InChI=1S/C11H11N3O/c1-14-7-11(6-12-14)13-10-4-2-3-9(5-10)8-15/h2-8,13H,1H3. The number of hydrogen-bond donors (Lipinski definition) is 1. The molecule has 0 bridgehead atoms. The second-order valence-electron chi connectivity index (χ2n) is 3.27. The first kappa shape index (κ1) is 9.45. The molecule has 0 amide bonds. The lowest BCUT2D eigenvalue weighted by atomic mass is 10.2. The van der Waals surface area contributed by atoms with Gasteiger partial charge in [0.25, 0.3) is 0 Å². The van der Waals surface area contributed by atoms with Crippen molar-refractivity contribution < 1.29 is 4.79 Å². The Morgan fingerprint density at radius 1 is 1.40 bits per heavy atom. The quantitative estimate of drug-likeness (QED) is 0.772. The predicted octanol–water partition coefficient (Wildman–Crippen LogP) is 1.98. The van der Waals surface area contributed by atoms with E-state index < -0.39 is 0 Å². The van der Waals surface area contributed by atoms with E-state index in [1.165, 1.54) is 0 Å². The maximum absolute atomic E-state index is 10.6. The van der Waals surface area contributed by atoms with Crippen molar-refractivity contribution in [2.24, 2.45) is 7.05 Å². The van der Waals surface area contributed by atoms with Crippen LogP contribution in [0.3, 0.4) is 0 Å². The Morgan fingerprint density at radius 3 is 2.93 bits per heavy atom. The lowest BCUT2D eigenvalue weighted by Gasteiger charge is -2.02. The molecule has 0 aliphatic heterocycles. The number of aldehydes is 1. The van der Waals surface area contributed by atoms with Gasteiger partial charge < -0.3 is 5.32 Å². The topological polar surface area (TPSA) is 46.9 Å². The zero-order valence-corrected chi connectivity index (χ0v) is 8.34. The average molecular weight is 201 g/mol. The fraction of sp³-hybridized carbons (Fsp3) is 0.0909. The first-order chi connectivity index (χ1) is 7.28. The number of aryl methyl sites for hydroxylation is 1. The molecule has 1 aromatic carbocycles. The lowest BCUT2D eigenvalue weighted by molar-refractivity contribution is 0.112. The maximum atomic E-state index is 10.6. The minimum Gasteiger partial charge on any atom is -0.353 e.